The summed E-state index contributed by atoms with van der Waals surface area (Å²) in [5.74, 6) is -0.395. The van der Waals surface area contributed by atoms with Gasteiger partial charge >= 0.3 is 0 Å². The van der Waals surface area contributed by atoms with Crippen molar-refractivity contribution >= 4 is 23.0 Å². The van der Waals surface area contributed by atoms with Crippen LogP contribution in [0.15, 0.2) is 78.9 Å². The van der Waals surface area contributed by atoms with E-state index in [1.54, 1.807) is 36.4 Å². The normalized spacial score (nSPS) is 10.2. The Bertz CT molecular complexity index is 912. The maximum Gasteiger partial charge on any atom is 0.293 e. The number of nitro benzene ring substituents is 1. The average Bonchev–Trinajstić information content (AvgIpc) is 2.67. The van der Waals surface area contributed by atoms with Gasteiger partial charge in [0, 0.05) is 23.9 Å². The standard InChI is InChI=1S/C20H17N3O3/c24-20(22-17-9-5-2-6-10-17)16-11-12-18(19(13-16)23(25)26)21-14-15-7-3-1-4-8-15/h1-13,21H,14H2,(H,22,24). The molecule has 6 nitrogen and oxygen atoms in total. The number of carbonyl (C=O) groups is 1. The highest BCUT2D eigenvalue weighted by molar-refractivity contribution is 6.05. The second-order valence-electron chi connectivity index (χ2n) is 5.65. The van der Waals surface area contributed by atoms with Gasteiger partial charge in [-0.1, -0.05) is 48.5 Å². The highest BCUT2D eigenvalue weighted by Crippen LogP contribution is 2.26. The summed E-state index contributed by atoms with van der Waals surface area (Å²) in [5, 5.41) is 17.2. The number of carbonyl (C=O) groups excluding carboxylic acids is 1. The molecule has 3 aromatic carbocycles. The lowest BCUT2D eigenvalue weighted by Gasteiger charge is -2.09. The lowest BCUT2D eigenvalue weighted by Crippen LogP contribution is -2.12. The second-order valence-corrected chi connectivity index (χ2v) is 5.65. The number of rotatable bonds is 6. The molecule has 0 spiro atoms. The summed E-state index contributed by atoms with van der Waals surface area (Å²) in [5.41, 5.74) is 2.10. The first kappa shape index (κ1) is 17.2. The first-order valence-electron chi connectivity index (χ1n) is 8.06. The number of hydrogen-bond acceptors (Lipinski definition) is 4. The first-order valence-corrected chi connectivity index (χ1v) is 8.06. The Kier molecular flexibility index (Phi) is 5.24. The van der Waals surface area contributed by atoms with Gasteiger partial charge < -0.3 is 10.6 Å². The summed E-state index contributed by atoms with van der Waals surface area (Å²) >= 11 is 0. The van der Waals surface area contributed by atoms with Crippen LogP contribution in [-0.2, 0) is 6.54 Å². The van der Waals surface area contributed by atoms with Gasteiger partial charge in [-0.05, 0) is 29.8 Å². The third kappa shape index (κ3) is 4.24. The minimum atomic E-state index is -0.493. The molecule has 0 aromatic heterocycles. The van der Waals surface area contributed by atoms with E-state index in [1.807, 2.05) is 36.4 Å². The second kappa shape index (κ2) is 7.94. The van der Waals surface area contributed by atoms with E-state index in [2.05, 4.69) is 10.6 Å². The molecule has 0 unspecified atom stereocenters. The van der Waals surface area contributed by atoms with Crippen molar-refractivity contribution in [3.05, 3.63) is 100 Å². The summed E-state index contributed by atoms with van der Waals surface area (Å²) in [4.78, 5) is 23.2. The van der Waals surface area contributed by atoms with Gasteiger partial charge in [-0.25, -0.2) is 0 Å². The Morgan fingerprint density at radius 2 is 1.58 bits per heavy atom. The minimum absolute atomic E-state index is 0.137. The average molecular weight is 347 g/mol. The van der Waals surface area contributed by atoms with E-state index < -0.39 is 10.8 Å². The van der Waals surface area contributed by atoms with Crippen molar-refractivity contribution in [3.8, 4) is 0 Å². The molecule has 1 amide bonds. The molecule has 0 fully saturated rings. The van der Waals surface area contributed by atoms with Crippen LogP contribution < -0.4 is 10.6 Å². The highest BCUT2D eigenvalue weighted by atomic mass is 16.6. The van der Waals surface area contributed by atoms with E-state index in [4.69, 9.17) is 0 Å². The molecule has 0 aliphatic carbocycles. The van der Waals surface area contributed by atoms with Crippen molar-refractivity contribution in [3.63, 3.8) is 0 Å². The molecule has 0 saturated heterocycles. The van der Waals surface area contributed by atoms with Crippen LogP contribution in [0.25, 0.3) is 0 Å². The third-order valence-electron chi connectivity index (χ3n) is 3.81. The number of amides is 1. The quantitative estimate of drug-likeness (QED) is 0.509. The molecule has 0 aliphatic rings. The number of para-hydroxylation sites is 1. The smallest absolute Gasteiger partial charge is 0.293 e. The number of nitrogens with one attached hydrogen (secondary N) is 2. The molecular weight excluding hydrogens is 330 g/mol. The van der Waals surface area contributed by atoms with Crippen LogP contribution in [0.4, 0.5) is 17.1 Å². The molecule has 0 heterocycles. The van der Waals surface area contributed by atoms with E-state index in [9.17, 15) is 14.9 Å². The van der Waals surface area contributed by atoms with Crippen molar-refractivity contribution < 1.29 is 9.72 Å². The van der Waals surface area contributed by atoms with Crippen LogP contribution in [0.3, 0.4) is 0 Å². The summed E-state index contributed by atoms with van der Waals surface area (Å²) in [6, 6.07) is 22.9. The van der Waals surface area contributed by atoms with Gasteiger partial charge in [0.25, 0.3) is 11.6 Å². The minimum Gasteiger partial charge on any atom is -0.375 e. The predicted octanol–water partition coefficient (Wildman–Crippen LogP) is 4.46. The number of nitrogens with zero attached hydrogens (tertiary/aromatic N) is 1. The highest BCUT2D eigenvalue weighted by Gasteiger charge is 2.17. The molecular formula is C20H17N3O3. The zero-order valence-corrected chi connectivity index (χ0v) is 13.9. The van der Waals surface area contributed by atoms with Gasteiger partial charge in [0.2, 0.25) is 0 Å². The molecule has 3 rings (SSSR count). The number of nitro groups is 1. The van der Waals surface area contributed by atoms with Gasteiger partial charge in [-0.3, -0.25) is 14.9 Å². The zero-order chi connectivity index (χ0) is 18.4. The van der Waals surface area contributed by atoms with Crippen molar-refractivity contribution in [2.45, 2.75) is 6.54 Å². The molecule has 0 bridgehead atoms. The maximum absolute atomic E-state index is 12.3. The van der Waals surface area contributed by atoms with Crippen LogP contribution in [0, 0.1) is 10.1 Å². The molecule has 130 valence electrons. The Balaban J connectivity index is 1.78. The van der Waals surface area contributed by atoms with Crippen molar-refractivity contribution in [2.24, 2.45) is 0 Å². The Hall–Kier alpha value is -3.67. The monoisotopic (exact) mass is 347 g/mol. The maximum atomic E-state index is 12.3. The number of hydrogen-bond donors (Lipinski definition) is 2. The van der Waals surface area contributed by atoms with E-state index in [-0.39, 0.29) is 11.3 Å². The van der Waals surface area contributed by atoms with Crippen molar-refractivity contribution in [1.82, 2.24) is 0 Å². The molecule has 0 saturated carbocycles. The van der Waals surface area contributed by atoms with Gasteiger partial charge in [-0.2, -0.15) is 0 Å². The van der Waals surface area contributed by atoms with Crippen LogP contribution in [0.5, 0.6) is 0 Å². The van der Waals surface area contributed by atoms with Crippen LogP contribution in [0.1, 0.15) is 15.9 Å². The Labute approximate surface area is 150 Å². The fraction of sp³-hybridized carbons (Fsp3) is 0.0500. The third-order valence-corrected chi connectivity index (χ3v) is 3.81. The largest absolute Gasteiger partial charge is 0.375 e. The van der Waals surface area contributed by atoms with Crippen LogP contribution >= 0.6 is 0 Å². The molecule has 3 aromatic rings. The molecule has 6 heteroatoms. The molecule has 0 aliphatic heterocycles. The summed E-state index contributed by atoms with van der Waals surface area (Å²) in [7, 11) is 0. The zero-order valence-electron chi connectivity index (χ0n) is 13.9. The number of anilines is 2. The van der Waals surface area contributed by atoms with Crippen LogP contribution in [0.2, 0.25) is 0 Å². The van der Waals surface area contributed by atoms with E-state index >= 15 is 0 Å². The van der Waals surface area contributed by atoms with Gasteiger partial charge in [-0.15, -0.1) is 0 Å². The van der Waals surface area contributed by atoms with E-state index in [0.717, 1.165) is 5.56 Å². The lowest BCUT2D eigenvalue weighted by molar-refractivity contribution is -0.384. The molecule has 2 N–H and O–H groups in total. The molecule has 26 heavy (non-hydrogen) atoms. The predicted molar refractivity (Wildman–Crippen MR) is 101 cm³/mol. The fourth-order valence-electron chi connectivity index (χ4n) is 2.49. The summed E-state index contributed by atoms with van der Waals surface area (Å²) in [6.45, 7) is 0.456. The fourth-order valence-corrected chi connectivity index (χ4v) is 2.49. The first-order chi connectivity index (χ1) is 12.6. The van der Waals surface area contributed by atoms with Gasteiger partial charge in [0.15, 0.2) is 0 Å². The van der Waals surface area contributed by atoms with Crippen LogP contribution in [-0.4, -0.2) is 10.8 Å². The Morgan fingerprint density at radius 1 is 0.923 bits per heavy atom. The van der Waals surface area contributed by atoms with E-state index in [1.165, 1.54) is 6.07 Å². The summed E-state index contributed by atoms with van der Waals surface area (Å²) in [6.07, 6.45) is 0. The molecule has 0 radical (unpaired) electrons. The molecule has 0 atom stereocenters. The van der Waals surface area contributed by atoms with Crippen molar-refractivity contribution in [1.29, 1.82) is 0 Å². The van der Waals surface area contributed by atoms with E-state index in [0.29, 0.717) is 17.9 Å². The van der Waals surface area contributed by atoms with Crippen molar-refractivity contribution in [2.75, 3.05) is 10.6 Å². The number of benzene rings is 3. The SMILES string of the molecule is O=C(Nc1ccccc1)c1ccc(NCc2ccccc2)c([N+](=O)[O-])c1. The van der Waals surface area contributed by atoms with Gasteiger partial charge in [0.1, 0.15) is 5.69 Å². The van der Waals surface area contributed by atoms with Gasteiger partial charge in [0.05, 0.1) is 4.92 Å². The topological polar surface area (TPSA) is 84.3 Å². The lowest BCUT2D eigenvalue weighted by atomic mass is 10.1. The Morgan fingerprint density at radius 3 is 2.23 bits per heavy atom. The summed E-state index contributed by atoms with van der Waals surface area (Å²) < 4.78 is 0.